The van der Waals surface area contributed by atoms with E-state index in [-0.39, 0.29) is 17.3 Å². The Morgan fingerprint density at radius 3 is 2.69 bits per heavy atom. The molecule has 4 rings (SSSR count). The van der Waals surface area contributed by atoms with Gasteiger partial charge in [0.2, 0.25) is 0 Å². The number of ether oxygens (including phenoxy) is 2. The molecule has 0 fully saturated rings. The van der Waals surface area contributed by atoms with Crippen LogP contribution in [-0.4, -0.2) is 49.4 Å². The largest absolute Gasteiger partial charge is 0.495 e. The average molecular weight is 459 g/mol. The summed E-state index contributed by atoms with van der Waals surface area (Å²) in [4.78, 5) is 21.7. The fourth-order valence-electron chi connectivity index (χ4n) is 3.97. The summed E-state index contributed by atoms with van der Waals surface area (Å²) in [7, 11) is -2.04. The minimum absolute atomic E-state index is 0.0732. The second kappa shape index (κ2) is 7.47. The minimum Gasteiger partial charge on any atom is -0.495 e. The van der Waals surface area contributed by atoms with E-state index in [1.165, 1.54) is 13.3 Å². The third-order valence-corrected chi connectivity index (χ3v) is 8.80. The zero-order valence-corrected chi connectivity index (χ0v) is 19.2. The van der Waals surface area contributed by atoms with Crippen molar-refractivity contribution < 1.29 is 22.7 Å². The van der Waals surface area contributed by atoms with E-state index in [4.69, 9.17) is 15.2 Å². The Kier molecular flexibility index (Phi) is 5.15. The van der Waals surface area contributed by atoms with E-state index in [1.807, 2.05) is 0 Å². The molecule has 9 nitrogen and oxygen atoms in total. The van der Waals surface area contributed by atoms with Crippen LogP contribution in [0.25, 0.3) is 0 Å². The highest BCUT2D eigenvalue weighted by Gasteiger charge is 2.52. The number of hydrogen-bond acceptors (Lipinski definition) is 8. The monoisotopic (exact) mass is 458 g/mol. The van der Waals surface area contributed by atoms with Gasteiger partial charge in [-0.15, -0.1) is 0 Å². The fraction of sp³-hybridized carbons (Fsp3) is 0.409. The summed E-state index contributed by atoms with van der Waals surface area (Å²) >= 11 is 0. The summed E-state index contributed by atoms with van der Waals surface area (Å²) in [6.07, 6.45) is 1.84. The number of aromatic nitrogens is 1. The Bertz CT molecular complexity index is 1240. The van der Waals surface area contributed by atoms with Crippen molar-refractivity contribution in [1.29, 1.82) is 0 Å². The van der Waals surface area contributed by atoms with Crippen molar-refractivity contribution in [3.63, 3.8) is 0 Å². The number of anilines is 1. The van der Waals surface area contributed by atoms with Crippen LogP contribution in [0.4, 0.5) is 5.69 Å². The predicted molar refractivity (Wildman–Crippen MR) is 121 cm³/mol. The van der Waals surface area contributed by atoms with Crippen molar-refractivity contribution in [2.45, 2.75) is 37.5 Å². The highest BCUT2D eigenvalue weighted by Crippen LogP contribution is 2.46. The molecule has 0 saturated carbocycles. The third-order valence-electron chi connectivity index (χ3n) is 6.17. The maximum atomic E-state index is 13.0. The fourth-order valence-corrected chi connectivity index (χ4v) is 5.69. The number of nitrogens with one attached hydrogen (secondary N) is 1. The highest BCUT2D eigenvalue weighted by atomic mass is 32.2. The normalized spacial score (nSPS) is 22.9. The smallest absolute Gasteiger partial charge is 0.274 e. The number of nitrogens with two attached hydrogens (primary N) is 1. The first-order chi connectivity index (χ1) is 15.0. The molecule has 0 unspecified atom stereocenters. The zero-order chi connectivity index (χ0) is 23.3. The number of hydrogen-bond donors (Lipinski definition) is 2. The molecule has 32 heavy (non-hydrogen) atoms. The van der Waals surface area contributed by atoms with E-state index < -0.39 is 26.0 Å². The minimum atomic E-state index is -3.57. The summed E-state index contributed by atoms with van der Waals surface area (Å²) in [6, 6.07) is 6.83. The SMILES string of the molecule is COc1cnc(C(=O)Nc2ccc3c(c2)[C@]2(CCO3)CS(=O)(=O)C(C)(C)C(N)=N2)c(C)c1. The van der Waals surface area contributed by atoms with E-state index in [0.29, 0.717) is 41.3 Å². The molecule has 0 aliphatic carbocycles. The van der Waals surface area contributed by atoms with Crippen LogP contribution in [0.3, 0.4) is 0 Å². The number of rotatable bonds is 3. The Balaban J connectivity index is 1.72. The number of sulfone groups is 1. The van der Waals surface area contributed by atoms with Gasteiger partial charge in [0.25, 0.3) is 5.91 Å². The Hall–Kier alpha value is -3.14. The maximum absolute atomic E-state index is 13.0. The summed E-state index contributed by atoms with van der Waals surface area (Å²) in [6.45, 7) is 5.22. The van der Waals surface area contributed by atoms with Crippen LogP contribution in [0.15, 0.2) is 35.5 Å². The molecule has 2 aliphatic heterocycles. The number of nitrogens with zero attached hydrogens (tertiary/aromatic N) is 2. The Labute approximate surface area is 187 Å². The first-order valence-electron chi connectivity index (χ1n) is 10.2. The number of carbonyl (C=O) groups excluding carboxylic acids is 1. The topological polar surface area (TPSA) is 133 Å². The van der Waals surface area contributed by atoms with Gasteiger partial charge in [-0.2, -0.15) is 0 Å². The van der Waals surface area contributed by atoms with Gasteiger partial charge in [0.05, 0.1) is 25.7 Å². The molecule has 170 valence electrons. The van der Waals surface area contributed by atoms with Crippen LogP contribution in [0.2, 0.25) is 0 Å². The molecular formula is C22H26N4O5S. The number of pyridine rings is 1. The average Bonchev–Trinajstić information content (AvgIpc) is 2.72. The number of carbonyl (C=O) groups is 1. The molecule has 0 bridgehead atoms. The van der Waals surface area contributed by atoms with E-state index >= 15 is 0 Å². The van der Waals surface area contributed by atoms with Crippen molar-refractivity contribution in [3.8, 4) is 11.5 Å². The van der Waals surface area contributed by atoms with Gasteiger partial charge in [-0.3, -0.25) is 9.79 Å². The van der Waals surface area contributed by atoms with Crippen molar-refractivity contribution >= 4 is 27.3 Å². The molecule has 10 heteroatoms. The molecule has 1 aromatic carbocycles. The molecule has 1 amide bonds. The van der Waals surface area contributed by atoms with Crippen LogP contribution in [0.5, 0.6) is 11.5 Å². The number of amides is 1. The van der Waals surface area contributed by atoms with Gasteiger partial charge in [0.15, 0.2) is 9.84 Å². The van der Waals surface area contributed by atoms with E-state index in [1.54, 1.807) is 45.0 Å². The zero-order valence-electron chi connectivity index (χ0n) is 18.4. The lowest BCUT2D eigenvalue weighted by Gasteiger charge is -2.42. The number of amidine groups is 1. The standard InChI is InChI=1S/C22H26N4O5S/c1-13-9-15(30-4)11-24-18(13)19(27)25-14-5-6-17-16(10-14)22(7-8-31-17)12-32(28,29)21(2,3)20(23)26-22/h5-6,9-11H,7-8,12H2,1-4H3,(H2,23,26)(H,25,27)/t22-/m0/s1. The van der Waals surface area contributed by atoms with Gasteiger partial charge >= 0.3 is 0 Å². The van der Waals surface area contributed by atoms with Gasteiger partial charge in [0.1, 0.15) is 33.3 Å². The van der Waals surface area contributed by atoms with Crippen molar-refractivity contribution in [1.82, 2.24) is 4.98 Å². The van der Waals surface area contributed by atoms with Gasteiger partial charge in [-0.1, -0.05) is 0 Å². The second-order valence-corrected chi connectivity index (χ2v) is 11.1. The molecular weight excluding hydrogens is 432 g/mol. The van der Waals surface area contributed by atoms with Gasteiger partial charge in [-0.25, -0.2) is 13.4 Å². The van der Waals surface area contributed by atoms with Crippen LogP contribution >= 0.6 is 0 Å². The number of fused-ring (bicyclic) bond motifs is 2. The number of aliphatic imine (C=N–C) groups is 1. The van der Waals surface area contributed by atoms with Gasteiger partial charge < -0.3 is 20.5 Å². The summed E-state index contributed by atoms with van der Waals surface area (Å²) in [5, 5.41) is 2.83. The Morgan fingerprint density at radius 2 is 2.03 bits per heavy atom. The molecule has 1 spiro atoms. The lowest BCUT2D eigenvalue weighted by atomic mass is 9.85. The van der Waals surface area contributed by atoms with Crippen LogP contribution in [0.1, 0.15) is 41.9 Å². The van der Waals surface area contributed by atoms with E-state index in [0.717, 1.165) is 0 Å². The van der Waals surface area contributed by atoms with Crippen molar-refractivity contribution in [2.75, 3.05) is 24.8 Å². The summed E-state index contributed by atoms with van der Waals surface area (Å²) in [5.74, 6) is 0.587. The predicted octanol–water partition coefficient (Wildman–Crippen LogP) is 2.19. The van der Waals surface area contributed by atoms with Crippen molar-refractivity contribution in [3.05, 3.63) is 47.3 Å². The Morgan fingerprint density at radius 1 is 1.28 bits per heavy atom. The molecule has 2 aliphatic rings. The second-order valence-electron chi connectivity index (χ2n) is 8.60. The molecule has 1 aromatic heterocycles. The van der Waals surface area contributed by atoms with Gasteiger partial charge in [-0.05, 0) is 50.6 Å². The molecule has 3 heterocycles. The molecule has 2 aromatic rings. The maximum Gasteiger partial charge on any atom is 0.274 e. The van der Waals surface area contributed by atoms with Crippen LogP contribution < -0.4 is 20.5 Å². The molecule has 0 radical (unpaired) electrons. The van der Waals surface area contributed by atoms with Crippen LogP contribution in [0, 0.1) is 6.92 Å². The van der Waals surface area contributed by atoms with E-state index in [2.05, 4.69) is 15.3 Å². The molecule has 3 N–H and O–H groups in total. The lowest BCUT2D eigenvalue weighted by molar-refractivity contribution is 0.102. The third kappa shape index (κ3) is 3.48. The summed E-state index contributed by atoms with van der Waals surface area (Å²) < 4.78 is 35.7. The van der Waals surface area contributed by atoms with Crippen molar-refractivity contribution in [2.24, 2.45) is 10.7 Å². The number of benzene rings is 1. The van der Waals surface area contributed by atoms with Gasteiger partial charge in [0, 0.05) is 17.7 Å². The quantitative estimate of drug-likeness (QED) is 0.720. The lowest BCUT2D eigenvalue weighted by Crippen LogP contribution is -2.56. The molecule has 1 atom stereocenters. The number of methoxy groups -OCH3 is 1. The number of aryl methyl sites for hydroxylation is 1. The highest BCUT2D eigenvalue weighted by molar-refractivity contribution is 7.93. The van der Waals surface area contributed by atoms with Crippen LogP contribution in [-0.2, 0) is 15.4 Å². The first-order valence-corrected chi connectivity index (χ1v) is 11.8. The van der Waals surface area contributed by atoms with E-state index in [9.17, 15) is 13.2 Å². The molecule has 0 saturated heterocycles. The summed E-state index contributed by atoms with van der Waals surface area (Å²) in [5.41, 5.74) is 7.06. The first kappa shape index (κ1) is 22.1.